The number of aromatic hydroxyl groups is 1. The van der Waals surface area contributed by atoms with E-state index in [0.29, 0.717) is 25.3 Å². The van der Waals surface area contributed by atoms with Crippen LogP contribution >= 0.6 is 24.0 Å². The molecule has 4 N–H and O–H groups in total. The van der Waals surface area contributed by atoms with Crippen LogP contribution in [0.4, 0.5) is 0 Å². The second-order valence-electron chi connectivity index (χ2n) is 6.55. The van der Waals surface area contributed by atoms with Crippen molar-refractivity contribution in [2.24, 2.45) is 10.4 Å². The number of aliphatic hydroxyl groups is 1. The predicted molar refractivity (Wildman–Crippen MR) is 122 cm³/mol. The number of methoxy groups -OCH3 is 1. The number of aliphatic hydroxyl groups excluding tert-OH is 1. The Kier molecular flexibility index (Phi) is 13.2. The van der Waals surface area contributed by atoms with Crippen molar-refractivity contribution in [2.45, 2.75) is 46.5 Å². The molecular formula is C20H36IN3O3. The molecule has 27 heavy (non-hydrogen) atoms. The number of hydrogen-bond acceptors (Lipinski definition) is 4. The Balaban J connectivity index is 0.00000676. The molecule has 0 fully saturated rings. The summed E-state index contributed by atoms with van der Waals surface area (Å²) in [7, 11) is 1.58. The summed E-state index contributed by atoms with van der Waals surface area (Å²) >= 11 is 0. The van der Waals surface area contributed by atoms with Gasteiger partial charge in [-0.05, 0) is 49.7 Å². The smallest absolute Gasteiger partial charge is 0.191 e. The van der Waals surface area contributed by atoms with Gasteiger partial charge < -0.3 is 25.6 Å². The molecule has 7 heteroatoms. The lowest BCUT2D eigenvalue weighted by atomic mass is 9.79. The number of hydrogen-bond donors (Lipinski definition) is 4. The summed E-state index contributed by atoms with van der Waals surface area (Å²) in [5.74, 6) is 1.66. The molecule has 0 bridgehead atoms. The van der Waals surface area contributed by atoms with Crippen molar-refractivity contribution in [1.82, 2.24) is 10.6 Å². The van der Waals surface area contributed by atoms with Gasteiger partial charge >= 0.3 is 0 Å². The fourth-order valence-corrected chi connectivity index (χ4v) is 2.93. The Hall–Kier alpha value is -1.22. The number of nitrogens with zero attached hydrogens (tertiary/aromatic N) is 1. The highest BCUT2D eigenvalue weighted by molar-refractivity contribution is 14.0. The molecule has 1 aromatic rings. The van der Waals surface area contributed by atoms with Crippen molar-refractivity contribution in [3.8, 4) is 11.5 Å². The molecule has 0 aliphatic carbocycles. The first-order valence-electron chi connectivity index (χ1n) is 9.53. The van der Waals surface area contributed by atoms with E-state index in [4.69, 9.17) is 9.73 Å². The molecule has 0 heterocycles. The van der Waals surface area contributed by atoms with E-state index in [9.17, 15) is 10.2 Å². The first-order chi connectivity index (χ1) is 12.5. The predicted octanol–water partition coefficient (Wildman–Crippen LogP) is 3.31. The van der Waals surface area contributed by atoms with Crippen LogP contribution in [0.5, 0.6) is 11.5 Å². The maximum absolute atomic E-state index is 10.0. The number of rotatable bonds is 11. The van der Waals surface area contributed by atoms with Crippen LogP contribution in [0.3, 0.4) is 0 Å². The van der Waals surface area contributed by atoms with Crippen LogP contribution < -0.4 is 15.4 Å². The SMILES string of the molecule is CCNC(=NCC(CC)(CC)CCO)NCCc1ccc(OC)cc1O.I. The standard InChI is InChI=1S/C20H35N3O3.HI/c1-5-20(6-2,11-13-24)15-23-19(21-7-3)22-12-10-16-8-9-17(26-4)14-18(16)25;/h8-9,14,24-25H,5-7,10-13,15H2,1-4H3,(H2,21,22,23);1H. The molecular weight excluding hydrogens is 457 g/mol. The van der Waals surface area contributed by atoms with Crippen molar-refractivity contribution in [2.75, 3.05) is 33.4 Å². The topological polar surface area (TPSA) is 86.1 Å². The fraction of sp³-hybridized carbons (Fsp3) is 0.650. The van der Waals surface area contributed by atoms with Gasteiger partial charge in [0.2, 0.25) is 0 Å². The number of halogens is 1. The number of phenols is 1. The van der Waals surface area contributed by atoms with Gasteiger partial charge in [-0.3, -0.25) is 4.99 Å². The summed E-state index contributed by atoms with van der Waals surface area (Å²) in [5, 5.41) is 26.0. The molecule has 0 amide bonds. The van der Waals surface area contributed by atoms with Crippen molar-refractivity contribution in [1.29, 1.82) is 0 Å². The summed E-state index contributed by atoms with van der Waals surface area (Å²) in [4.78, 5) is 4.73. The van der Waals surface area contributed by atoms with Crippen LogP contribution in [0, 0.1) is 5.41 Å². The van der Waals surface area contributed by atoms with Gasteiger partial charge in [-0.2, -0.15) is 0 Å². The van der Waals surface area contributed by atoms with Gasteiger partial charge in [0.05, 0.1) is 7.11 Å². The number of aliphatic imine (C=N–C) groups is 1. The molecule has 0 atom stereocenters. The normalized spacial score (nSPS) is 11.7. The largest absolute Gasteiger partial charge is 0.508 e. The third-order valence-electron chi connectivity index (χ3n) is 5.04. The van der Waals surface area contributed by atoms with Crippen LogP contribution in [0.15, 0.2) is 23.2 Å². The van der Waals surface area contributed by atoms with Gasteiger partial charge in [0.15, 0.2) is 5.96 Å². The zero-order valence-corrected chi connectivity index (χ0v) is 19.4. The minimum atomic E-state index is 0. The monoisotopic (exact) mass is 493 g/mol. The minimum Gasteiger partial charge on any atom is -0.508 e. The highest BCUT2D eigenvalue weighted by Gasteiger charge is 2.25. The Morgan fingerprint density at radius 3 is 2.41 bits per heavy atom. The van der Waals surface area contributed by atoms with Crippen LogP contribution in [-0.2, 0) is 6.42 Å². The number of benzene rings is 1. The Morgan fingerprint density at radius 1 is 1.19 bits per heavy atom. The van der Waals surface area contributed by atoms with Crippen LogP contribution in [-0.4, -0.2) is 49.5 Å². The highest BCUT2D eigenvalue weighted by Crippen LogP contribution is 2.30. The van der Waals surface area contributed by atoms with Gasteiger partial charge in [0.25, 0.3) is 0 Å². The van der Waals surface area contributed by atoms with E-state index in [-0.39, 0.29) is 41.7 Å². The summed E-state index contributed by atoms with van der Waals surface area (Å²) in [5.41, 5.74) is 0.914. The maximum Gasteiger partial charge on any atom is 0.191 e. The lowest BCUT2D eigenvalue weighted by molar-refractivity contribution is 0.175. The first kappa shape index (κ1) is 25.8. The Morgan fingerprint density at radius 2 is 1.89 bits per heavy atom. The first-order valence-corrected chi connectivity index (χ1v) is 9.53. The Labute approximate surface area is 180 Å². The molecule has 0 saturated carbocycles. The molecule has 0 aromatic heterocycles. The summed E-state index contributed by atoms with van der Waals surface area (Å²) in [6.45, 7) is 8.67. The van der Waals surface area contributed by atoms with E-state index in [1.165, 1.54) is 0 Å². The molecule has 156 valence electrons. The summed E-state index contributed by atoms with van der Waals surface area (Å²) in [6, 6.07) is 5.35. The van der Waals surface area contributed by atoms with Crippen LogP contribution in [0.25, 0.3) is 0 Å². The number of ether oxygens (including phenoxy) is 1. The molecule has 0 spiro atoms. The zero-order chi connectivity index (χ0) is 19.4. The lowest BCUT2D eigenvalue weighted by Gasteiger charge is -2.29. The minimum absolute atomic E-state index is 0. The van der Waals surface area contributed by atoms with Crippen LogP contribution in [0.1, 0.15) is 45.6 Å². The third-order valence-corrected chi connectivity index (χ3v) is 5.04. The quantitative estimate of drug-likeness (QED) is 0.216. The van der Waals surface area contributed by atoms with Gasteiger partial charge in [-0.1, -0.05) is 19.9 Å². The molecule has 0 aliphatic rings. The lowest BCUT2D eigenvalue weighted by Crippen LogP contribution is -2.39. The van der Waals surface area contributed by atoms with E-state index in [1.54, 1.807) is 13.2 Å². The Bertz CT molecular complexity index is 563. The highest BCUT2D eigenvalue weighted by atomic mass is 127. The van der Waals surface area contributed by atoms with Crippen molar-refractivity contribution in [3.63, 3.8) is 0 Å². The van der Waals surface area contributed by atoms with Gasteiger partial charge in [0.1, 0.15) is 11.5 Å². The molecule has 1 aromatic carbocycles. The number of guanidine groups is 1. The summed E-state index contributed by atoms with van der Waals surface area (Å²) < 4.78 is 5.11. The molecule has 0 aliphatic heterocycles. The molecule has 0 unspecified atom stereocenters. The molecule has 0 radical (unpaired) electrons. The third kappa shape index (κ3) is 8.55. The van der Waals surface area contributed by atoms with Crippen LogP contribution in [0.2, 0.25) is 0 Å². The average molecular weight is 493 g/mol. The van der Waals surface area contributed by atoms with E-state index >= 15 is 0 Å². The van der Waals surface area contributed by atoms with Crippen molar-refractivity contribution in [3.05, 3.63) is 23.8 Å². The van der Waals surface area contributed by atoms with E-state index < -0.39 is 0 Å². The second kappa shape index (κ2) is 13.9. The average Bonchev–Trinajstić information content (AvgIpc) is 2.66. The maximum atomic E-state index is 10.0. The van der Waals surface area contributed by atoms with E-state index in [1.807, 2.05) is 19.1 Å². The van der Waals surface area contributed by atoms with Gasteiger partial charge in [0, 0.05) is 32.3 Å². The molecule has 1 rings (SSSR count). The molecule has 6 nitrogen and oxygen atoms in total. The van der Waals surface area contributed by atoms with E-state index in [2.05, 4.69) is 24.5 Å². The summed E-state index contributed by atoms with van der Waals surface area (Å²) in [6.07, 6.45) is 3.44. The van der Waals surface area contributed by atoms with Gasteiger partial charge in [-0.25, -0.2) is 0 Å². The van der Waals surface area contributed by atoms with Crippen molar-refractivity contribution >= 4 is 29.9 Å². The fourth-order valence-electron chi connectivity index (χ4n) is 2.93. The number of nitrogens with one attached hydrogen (secondary N) is 2. The molecule has 0 saturated heterocycles. The zero-order valence-electron chi connectivity index (χ0n) is 17.0. The van der Waals surface area contributed by atoms with Crippen molar-refractivity contribution < 1.29 is 14.9 Å². The van der Waals surface area contributed by atoms with E-state index in [0.717, 1.165) is 37.3 Å². The van der Waals surface area contributed by atoms with Gasteiger partial charge in [-0.15, -0.1) is 24.0 Å². The number of phenolic OH excluding ortho intramolecular Hbond substituents is 1. The second-order valence-corrected chi connectivity index (χ2v) is 6.55.